The largest absolute Gasteiger partial charge is 0.412 e. The maximum absolute atomic E-state index is 5.45. The second-order valence-electron chi connectivity index (χ2n) is 3.09. The van der Waals surface area contributed by atoms with Crippen molar-refractivity contribution in [2.24, 2.45) is 0 Å². The molecule has 68 valence electrons. The number of methoxy groups -OCH3 is 1. The van der Waals surface area contributed by atoms with E-state index in [1.54, 1.807) is 7.11 Å². The molecule has 1 rings (SSSR count). The van der Waals surface area contributed by atoms with Crippen LogP contribution in [0.1, 0.15) is 19.7 Å². The van der Waals surface area contributed by atoms with E-state index in [2.05, 4.69) is 10.2 Å². The fraction of sp³-hybridized carbons (Fsp3) is 0.714. The van der Waals surface area contributed by atoms with Crippen LogP contribution in [-0.2, 0) is 11.2 Å². The Bertz CT molecular complexity index is 260. The summed E-state index contributed by atoms with van der Waals surface area (Å²) in [4.78, 5) is 0. The van der Waals surface area contributed by atoms with Crippen molar-refractivity contribution in [3.63, 3.8) is 0 Å². The van der Waals surface area contributed by atoms with Crippen LogP contribution in [-0.4, -0.2) is 22.9 Å². The second kappa shape index (κ2) is 3.41. The van der Waals surface area contributed by atoms with Crippen LogP contribution in [0.4, 0.5) is 0 Å². The molecule has 0 aliphatic carbocycles. The van der Waals surface area contributed by atoms with Crippen LogP contribution in [0.2, 0.25) is 5.35 Å². The van der Waals surface area contributed by atoms with Crippen LogP contribution in [0.3, 0.4) is 0 Å². The van der Waals surface area contributed by atoms with Crippen molar-refractivity contribution in [3.8, 4) is 0 Å². The Morgan fingerprint density at radius 1 is 1.50 bits per heavy atom. The number of aromatic nitrogens is 2. The van der Waals surface area contributed by atoms with Gasteiger partial charge in [-0.2, -0.15) is 0 Å². The molecule has 0 N–H and O–H groups in total. The summed E-state index contributed by atoms with van der Waals surface area (Å²) < 4.78 is 10.2. The monoisotopic (exact) mass is 190 g/mol. The lowest BCUT2D eigenvalue weighted by molar-refractivity contribution is 0.0181. The van der Waals surface area contributed by atoms with Gasteiger partial charge in [-0.25, -0.2) is 0 Å². The first-order chi connectivity index (χ1) is 5.53. The zero-order chi connectivity index (χ0) is 9.19. The molecule has 1 aromatic heterocycles. The van der Waals surface area contributed by atoms with Crippen LogP contribution in [0.25, 0.3) is 0 Å². The number of halogens is 1. The van der Waals surface area contributed by atoms with Crippen LogP contribution in [0.5, 0.6) is 0 Å². The molecular formula is C7H11ClN2O2. The van der Waals surface area contributed by atoms with E-state index in [4.69, 9.17) is 20.8 Å². The Balaban J connectivity index is 2.63. The van der Waals surface area contributed by atoms with E-state index < -0.39 is 0 Å². The fourth-order valence-electron chi connectivity index (χ4n) is 0.741. The number of hydrogen-bond acceptors (Lipinski definition) is 4. The molecule has 1 heterocycles. The van der Waals surface area contributed by atoms with Crippen LogP contribution in [0.15, 0.2) is 4.42 Å². The predicted octanol–water partition coefficient (Wildman–Crippen LogP) is 1.69. The summed E-state index contributed by atoms with van der Waals surface area (Å²) in [5.74, 6) is 0.492. The zero-order valence-electron chi connectivity index (χ0n) is 7.30. The summed E-state index contributed by atoms with van der Waals surface area (Å²) in [6.07, 6.45) is 0.559. The highest BCUT2D eigenvalue weighted by molar-refractivity contribution is 6.27. The number of nitrogens with zero attached hydrogens (tertiary/aromatic N) is 2. The van der Waals surface area contributed by atoms with E-state index in [1.807, 2.05) is 13.8 Å². The van der Waals surface area contributed by atoms with Crippen LogP contribution in [0, 0.1) is 0 Å². The van der Waals surface area contributed by atoms with Crippen LogP contribution < -0.4 is 0 Å². The minimum atomic E-state index is -0.296. The second-order valence-corrected chi connectivity index (χ2v) is 3.41. The maximum atomic E-state index is 5.45. The lowest BCUT2D eigenvalue weighted by Gasteiger charge is -2.19. The van der Waals surface area contributed by atoms with Crippen molar-refractivity contribution in [2.45, 2.75) is 25.9 Å². The molecule has 5 heteroatoms. The minimum Gasteiger partial charge on any atom is -0.412 e. The van der Waals surface area contributed by atoms with E-state index in [1.165, 1.54) is 0 Å². The zero-order valence-corrected chi connectivity index (χ0v) is 8.05. The van der Waals surface area contributed by atoms with Gasteiger partial charge in [0.2, 0.25) is 5.89 Å². The molecule has 0 amide bonds. The van der Waals surface area contributed by atoms with E-state index in [0.29, 0.717) is 12.3 Å². The van der Waals surface area contributed by atoms with E-state index in [0.717, 1.165) is 0 Å². The lowest BCUT2D eigenvalue weighted by atomic mass is 10.1. The minimum absolute atomic E-state index is 0.0666. The van der Waals surface area contributed by atoms with Crippen LogP contribution >= 0.6 is 11.6 Å². The van der Waals surface area contributed by atoms with Crippen molar-refractivity contribution in [3.05, 3.63) is 11.2 Å². The van der Waals surface area contributed by atoms with E-state index in [-0.39, 0.29) is 11.0 Å². The quantitative estimate of drug-likeness (QED) is 0.728. The Labute approximate surface area is 75.9 Å². The molecule has 0 saturated heterocycles. The average molecular weight is 191 g/mol. The molecule has 0 aliphatic heterocycles. The van der Waals surface area contributed by atoms with Crippen molar-refractivity contribution in [2.75, 3.05) is 7.11 Å². The molecule has 0 fully saturated rings. The summed E-state index contributed by atoms with van der Waals surface area (Å²) in [6, 6.07) is 0. The maximum Gasteiger partial charge on any atom is 0.312 e. The first-order valence-electron chi connectivity index (χ1n) is 3.56. The summed E-state index contributed by atoms with van der Waals surface area (Å²) in [7, 11) is 1.64. The Morgan fingerprint density at radius 3 is 2.58 bits per heavy atom. The van der Waals surface area contributed by atoms with E-state index in [9.17, 15) is 0 Å². The summed E-state index contributed by atoms with van der Waals surface area (Å²) in [5.41, 5.74) is -0.296. The van der Waals surface area contributed by atoms with Crippen molar-refractivity contribution < 1.29 is 9.15 Å². The Morgan fingerprint density at radius 2 is 2.17 bits per heavy atom. The molecule has 0 aliphatic rings. The van der Waals surface area contributed by atoms with Gasteiger partial charge in [-0.15, -0.1) is 5.10 Å². The molecule has 0 saturated carbocycles. The summed E-state index contributed by atoms with van der Waals surface area (Å²) in [6.45, 7) is 3.87. The van der Waals surface area contributed by atoms with Gasteiger partial charge in [-0.1, -0.05) is 5.10 Å². The van der Waals surface area contributed by atoms with Crippen molar-refractivity contribution in [1.29, 1.82) is 0 Å². The van der Waals surface area contributed by atoms with Crippen molar-refractivity contribution in [1.82, 2.24) is 10.2 Å². The average Bonchev–Trinajstić information content (AvgIpc) is 2.35. The lowest BCUT2D eigenvalue weighted by Crippen LogP contribution is -2.25. The Hall–Kier alpha value is -0.610. The molecular weight excluding hydrogens is 180 g/mol. The molecule has 0 radical (unpaired) electrons. The summed E-state index contributed by atoms with van der Waals surface area (Å²) >= 11 is 5.45. The smallest absolute Gasteiger partial charge is 0.312 e. The molecule has 1 aromatic rings. The molecule has 0 spiro atoms. The molecule has 0 aromatic carbocycles. The first kappa shape index (κ1) is 9.48. The first-order valence-corrected chi connectivity index (χ1v) is 3.94. The van der Waals surface area contributed by atoms with Gasteiger partial charge in [0.05, 0.1) is 12.0 Å². The van der Waals surface area contributed by atoms with Gasteiger partial charge in [-0.05, 0) is 25.4 Å². The van der Waals surface area contributed by atoms with Gasteiger partial charge in [0.1, 0.15) is 0 Å². The van der Waals surface area contributed by atoms with E-state index >= 15 is 0 Å². The fourth-order valence-corrected chi connectivity index (χ4v) is 0.868. The van der Waals surface area contributed by atoms with Gasteiger partial charge >= 0.3 is 5.35 Å². The molecule has 4 nitrogen and oxygen atoms in total. The van der Waals surface area contributed by atoms with Gasteiger partial charge in [-0.3, -0.25) is 0 Å². The molecule has 0 bridgehead atoms. The molecule has 12 heavy (non-hydrogen) atoms. The number of hydrogen-bond donors (Lipinski definition) is 0. The third-order valence-electron chi connectivity index (χ3n) is 1.57. The standard InChI is InChI=1S/C7H11ClN2O2/c1-7(2,11-3)4-5-9-10-6(8)12-5/h4H2,1-3H3. The van der Waals surface area contributed by atoms with Gasteiger partial charge < -0.3 is 9.15 Å². The summed E-state index contributed by atoms with van der Waals surface area (Å²) in [5, 5.41) is 7.32. The predicted molar refractivity (Wildman–Crippen MR) is 44.1 cm³/mol. The van der Waals surface area contributed by atoms with Gasteiger partial charge in [0.15, 0.2) is 0 Å². The third-order valence-corrected chi connectivity index (χ3v) is 1.72. The van der Waals surface area contributed by atoms with Gasteiger partial charge in [0, 0.05) is 7.11 Å². The highest BCUT2D eigenvalue weighted by atomic mass is 35.5. The number of rotatable bonds is 3. The topological polar surface area (TPSA) is 48.2 Å². The highest BCUT2D eigenvalue weighted by Crippen LogP contribution is 2.16. The Kier molecular flexibility index (Phi) is 2.69. The number of ether oxygens (including phenoxy) is 1. The molecule has 0 unspecified atom stereocenters. The third kappa shape index (κ3) is 2.46. The molecule has 0 atom stereocenters. The van der Waals surface area contributed by atoms with Crippen molar-refractivity contribution >= 4 is 11.6 Å². The SMILES string of the molecule is COC(C)(C)Cc1nnc(Cl)o1. The normalized spacial score (nSPS) is 12.0. The van der Waals surface area contributed by atoms with Gasteiger partial charge in [0.25, 0.3) is 0 Å². The highest BCUT2D eigenvalue weighted by Gasteiger charge is 2.20.